The van der Waals surface area contributed by atoms with Gasteiger partial charge in [0.05, 0.1) is 11.1 Å². The summed E-state index contributed by atoms with van der Waals surface area (Å²) >= 11 is 1.55. The van der Waals surface area contributed by atoms with Crippen LogP contribution in [0.1, 0.15) is 17.0 Å². The van der Waals surface area contributed by atoms with E-state index in [9.17, 15) is 0 Å². The number of thiophene rings is 1. The van der Waals surface area contributed by atoms with Crippen LogP contribution in [0.25, 0.3) is 16.0 Å². The molecule has 0 aliphatic rings. The Labute approximate surface area is 108 Å². The van der Waals surface area contributed by atoms with E-state index >= 15 is 0 Å². The molecule has 92 valence electrons. The van der Waals surface area contributed by atoms with Crippen molar-refractivity contribution in [2.75, 3.05) is 5.73 Å². The van der Waals surface area contributed by atoms with E-state index in [1.165, 1.54) is 5.56 Å². The fraction of sp³-hybridized carbons (Fsp3) is 0.250. The highest BCUT2D eigenvalue weighted by molar-refractivity contribution is 7.16. The monoisotopic (exact) mass is 259 g/mol. The molecule has 5 nitrogen and oxygen atoms in total. The van der Waals surface area contributed by atoms with Crippen LogP contribution in [0, 0.1) is 20.8 Å². The number of anilines is 1. The summed E-state index contributed by atoms with van der Waals surface area (Å²) in [5, 5.41) is 7.50. The molecule has 18 heavy (non-hydrogen) atoms. The third-order valence-electron chi connectivity index (χ3n) is 3.18. The predicted molar refractivity (Wildman–Crippen MR) is 73.2 cm³/mol. The van der Waals surface area contributed by atoms with Crippen LogP contribution in [-0.2, 0) is 0 Å². The summed E-state index contributed by atoms with van der Waals surface area (Å²) in [6.45, 7) is 6.09. The van der Waals surface area contributed by atoms with Crippen molar-refractivity contribution in [1.29, 1.82) is 0 Å². The summed E-state index contributed by atoms with van der Waals surface area (Å²) in [4.78, 5) is 9.45. The number of nitrogens with zero attached hydrogens (tertiary/aromatic N) is 4. The lowest BCUT2D eigenvalue weighted by molar-refractivity contribution is 0.812. The van der Waals surface area contributed by atoms with Gasteiger partial charge in [0.1, 0.15) is 4.83 Å². The Kier molecular flexibility index (Phi) is 2.34. The van der Waals surface area contributed by atoms with Crippen LogP contribution in [0.4, 0.5) is 5.95 Å². The minimum atomic E-state index is 0.283. The van der Waals surface area contributed by atoms with Crippen molar-refractivity contribution in [3.05, 3.63) is 28.4 Å². The Morgan fingerprint density at radius 1 is 1.22 bits per heavy atom. The zero-order chi connectivity index (χ0) is 12.9. The van der Waals surface area contributed by atoms with Crippen LogP contribution >= 0.6 is 11.3 Å². The SMILES string of the molecule is Cc1nn(-c2nc(N)nc3sccc23)c(C)c1C. The van der Waals surface area contributed by atoms with Gasteiger partial charge in [-0.05, 0) is 37.8 Å². The summed E-state index contributed by atoms with van der Waals surface area (Å²) in [6, 6.07) is 2.00. The maximum atomic E-state index is 5.76. The van der Waals surface area contributed by atoms with Crippen molar-refractivity contribution < 1.29 is 0 Å². The maximum absolute atomic E-state index is 5.76. The largest absolute Gasteiger partial charge is 0.368 e. The molecule has 6 heteroatoms. The van der Waals surface area contributed by atoms with Crippen LogP contribution in [0.2, 0.25) is 0 Å². The molecule has 0 aliphatic carbocycles. The molecule has 0 saturated heterocycles. The van der Waals surface area contributed by atoms with Crippen molar-refractivity contribution in [2.24, 2.45) is 0 Å². The van der Waals surface area contributed by atoms with Gasteiger partial charge in [-0.1, -0.05) is 0 Å². The molecule has 3 aromatic heterocycles. The van der Waals surface area contributed by atoms with Gasteiger partial charge >= 0.3 is 0 Å². The molecule has 3 heterocycles. The Morgan fingerprint density at radius 3 is 2.67 bits per heavy atom. The summed E-state index contributed by atoms with van der Waals surface area (Å²) < 4.78 is 1.84. The Hall–Kier alpha value is -1.95. The number of hydrogen-bond donors (Lipinski definition) is 1. The normalized spacial score (nSPS) is 11.3. The third-order valence-corrected chi connectivity index (χ3v) is 3.98. The van der Waals surface area contributed by atoms with E-state index in [1.54, 1.807) is 11.3 Å². The lowest BCUT2D eigenvalue weighted by Gasteiger charge is -2.05. The first kappa shape index (κ1) is 11.2. The molecule has 0 aromatic carbocycles. The summed E-state index contributed by atoms with van der Waals surface area (Å²) in [5.74, 6) is 1.04. The van der Waals surface area contributed by atoms with E-state index in [0.717, 1.165) is 27.4 Å². The van der Waals surface area contributed by atoms with Crippen LogP contribution in [0.5, 0.6) is 0 Å². The summed E-state index contributed by atoms with van der Waals surface area (Å²) in [5.41, 5.74) is 9.02. The van der Waals surface area contributed by atoms with Gasteiger partial charge in [-0.3, -0.25) is 0 Å². The standard InChI is InChI=1S/C12H13N5S/c1-6-7(2)16-17(8(6)3)10-9-4-5-18-11(9)15-12(13)14-10/h4-5H,1-3H3,(H2,13,14,15). The second kappa shape index (κ2) is 3.78. The van der Waals surface area contributed by atoms with Crippen LogP contribution in [-0.4, -0.2) is 19.7 Å². The maximum Gasteiger partial charge on any atom is 0.223 e. The molecule has 0 radical (unpaired) electrons. The number of nitrogens with two attached hydrogens (primary N) is 1. The molecule has 3 rings (SSSR count). The molecule has 0 bridgehead atoms. The van der Waals surface area contributed by atoms with Gasteiger partial charge in [0.15, 0.2) is 5.82 Å². The van der Waals surface area contributed by atoms with Crippen molar-refractivity contribution >= 4 is 27.5 Å². The molecule has 0 saturated carbocycles. The van der Waals surface area contributed by atoms with Gasteiger partial charge in [0.25, 0.3) is 0 Å². The first-order chi connectivity index (χ1) is 8.58. The van der Waals surface area contributed by atoms with E-state index in [4.69, 9.17) is 5.73 Å². The molecular weight excluding hydrogens is 246 g/mol. The Balaban J connectivity index is 2.37. The number of nitrogen functional groups attached to an aromatic ring is 1. The van der Waals surface area contributed by atoms with E-state index in [2.05, 4.69) is 22.0 Å². The molecule has 0 amide bonds. The zero-order valence-corrected chi connectivity index (χ0v) is 11.2. The predicted octanol–water partition coefficient (Wildman–Crippen LogP) is 2.38. The molecular formula is C12H13N5S. The first-order valence-corrected chi connectivity index (χ1v) is 6.50. The number of aryl methyl sites for hydroxylation is 1. The fourth-order valence-electron chi connectivity index (χ4n) is 1.94. The number of hydrogen-bond acceptors (Lipinski definition) is 5. The topological polar surface area (TPSA) is 69.6 Å². The van der Waals surface area contributed by atoms with Crippen molar-refractivity contribution in [2.45, 2.75) is 20.8 Å². The lowest BCUT2D eigenvalue weighted by atomic mass is 10.2. The molecule has 0 spiro atoms. The van der Waals surface area contributed by atoms with E-state index < -0.39 is 0 Å². The minimum absolute atomic E-state index is 0.283. The summed E-state index contributed by atoms with van der Waals surface area (Å²) in [7, 11) is 0. The van der Waals surface area contributed by atoms with Gasteiger partial charge in [-0.2, -0.15) is 10.1 Å². The molecule has 2 N–H and O–H groups in total. The zero-order valence-electron chi connectivity index (χ0n) is 10.4. The van der Waals surface area contributed by atoms with Crippen LogP contribution < -0.4 is 5.73 Å². The average Bonchev–Trinajstić information content (AvgIpc) is 2.88. The van der Waals surface area contributed by atoms with Crippen LogP contribution in [0.3, 0.4) is 0 Å². The highest BCUT2D eigenvalue weighted by Gasteiger charge is 2.14. The van der Waals surface area contributed by atoms with E-state index in [1.807, 2.05) is 30.0 Å². The van der Waals surface area contributed by atoms with Crippen molar-refractivity contribution in [3.8, 4) is 5.82 Å². The second-order valence-electron chi connectivity index (χ2n) is 4.25. The summed E-state index contributed by atoms with van der Waals surface area (Å²) in [6.07, 6.45) is 0. The average molecular weight is 259 g/mol. The number of fused-ring (bicyclic) bond motifs is 1. The fourth-order valence-corrected chi connectivity index (χ4v) is 2.71. The quantitative estimate of drug-likeness (QED) is 0.728. The van der Waals surface area contributed by atoms with E-state index in [0.29, 0.717) is 0 Å². The highest BCUT2D eigenvalue weighted by Crippen LogP contribution is 2.26. The smallest absolute Gasteiger partial charge is 0.223 e. The second-order valence-corrected chi connectivity index (χ2v) is 5.15. The van der Waals surface area contributed by atoms with Gasteiger partial charge < -0.3 is 5.73 Å². The highest BCUT2D eigenvalue weighted by atomic mass is 32.1. The van der Waals surface area contributed by atoms with Gasteiger partial charge in [-0.25, -0.2) is 9.67 Å². The first-order valence-electron chi connectivity index (χ1n) is 5.62. The minimum Gasteiger partial charge on any atom is -0.368 e. The number of aromatic nitrogens is 4. The van der Waals surface area contributed by atoms with Crippen molar-refractivity contribution in [3.63, 3.8) is 0 Å². The third kappa shape index (κ3) is 1.49. The van der Waals surface area contributed by atoms with Gasteiger partial charge in [0, 0.05) is 5.69 Å². The molecule has 0 fully saturated rings. The van der Waals surface area contributed by atoms with Crippen molar-refractivity contribution in [1.82, 2.24) is 19.7 Å². The van der Waals surface area contributed by atoms with Gasteiger partial charge in [0.2, 0.25) is 5.95 Å². The Bertz CT molecular complexity index is 740. The van der Waals surface area contributed by atoms with Crippen LogP contribution in [0.15, 0.2) is 11.4 Å². The Morgan fingerprint density at radius 2 is 2.00 bits per heavy atom. The molecule has 0 aliphatic heterocycles. The molecule has 0 unspecified atom stereocenters. The van der Waals surface area contributed by atoms with Gasteiger partial charge in [-0.15, -0.1) is 11.3 Å². The van der Waals surface area contributed by atoms with E-state index in [-0.39, 0.29) is 5.95 Å². The lowest BCUT2D eigenvalue weighted by Crippen LogP contribution is -2.06. The molecule has 3 aromatic rings. The number of rotatable bonds is 1. The molecule has 0 atom stereocenters.